The highest BCUT2D eigenvalue weighted by atomic mass is 16.6. The fraction of sp³-hybridized carbons (Fsp3) is 0.235. The monoisotopic (exact) mass is 312 g/mol. The van der Waals surface area contributed by atoms with Gasteiger partial charge in [-0.3, -0.25) is 4.98 Å². The molecular weight excluding hydrogens is 296 g/mol. The van der Waals surface area contributed by atoms with Gasteiger partial charge in [0.2, 0.25) is 0 Å². The number of methoxy groups -OCH3 is 1. The van der Waals surface area contributed by atoms with E-state index >= 15 is 0 Å². The summed E-state index contributed by atoms with van der Waals surface area (Å²) in [5.41, 5.74) is 0.940. The maximum absolute atomic E-state index is 12.5. The molecule has 1 aromatic carbocycles. The van der Waals surface area contributed by atoms with Crippen LogP contribution in [-0.4, -0.2) is 23.2 Å². The first kappa shape index (κ1) is 15.0. The normalized spacial score (nSPS) is 10.7. The zero-order valence-corrected chi connectivity index (χ0v) is 13.1. The number of nitrogens with zero attached hydrogens (tertiary/aromatic N) is 2. The number of aryl methyl sites for hydroxylation is 2. The third-order valence-corrected chi connectivity index (χ3v) is 3.60. The van der Waals surface area contributed by atoms with E-state index in [1.54, 1.807) is 31.5 Å². The van der Waals surface area contributed by atoms with Crippen LogP contribution < -0.4 is 9.47 Å². The Morgan fingerprint density at radius 1 is 1.26 bits per heavy atom. The molecule has 2 aromatic heterocycles. The molecule has 6 nitrogen and oxygen atoms in total. The molecule has 0 unspecified atom stereocenters. The molecule has 0 amide bonds. The number of hydrogen-bond donors (Lipinski definition) is 0. The van der Waals surface area contributed by atoms with Crippen LogP contribution in [-0.2, 0) is 6.42 Å². The molecule has 0 bridgehead atoms. The Bertz CT molecular complexity index is 870. The van der Waals surface area contributed by atoms with Gasteiger partial charge in [0.15, 0.2) is 11.5 Å². The number of benzene rings is 1. The van der Waals surface area contributed by atoms with E-state index in [2.05, 4.69) is 10.1 Å². The summed E-state index contributed by atoms with van der Waals surface area (Å²) in [5.74, 6) is 0.736. The largest absolute Gasteiger partial charge is 0.493 e. The van der Waals surface area contributed by atoms with E-state index in [-0.39, 0.29) is 0 Å². The van der Waals surface area contributed by atoms with E-state index < -0.39 is 5.97 Å². The van der Waals surface area contributed by atoms with Crippen molar-refractivity contribution in [3.05, 3.63) is 47.6 Å². The lowest BCUT2D eigenvalue weighted by Crippen LogP contribution is -2.12. The zero-order chi connectivity index (χ0) is 16.4. The second-order valence-corrected chi connectivity index (χ2v) is 5.03. The molecule has 118 valence electrons. The average molecular weight is 312 g/mol. The van der Waals surface area contributed by atoms with Gasteiger partial charge in [-0.2, -0.15) is 0 Å². The number of ether oxygens (including phenoxy) is 2. The molecule has 0 aliphatic heterocycles. The first-order valence-electron chi connectivity index (χ1n) is 7.23. The predicted octanol–water partition coefficient (Wildman–Crippen LogP) is 3.32. The van der Waals surface area contributed by atoms with Crippen molar-refractivity contribution in [1.82, 2.24) is 10.1 Å². The van der Waals surface area contributed by atoms with Gasteiger partial charge in [0.25, 0.3) is 0 Å². The quantitative estimate of drug-likeness (QED) is 0.543. The molecule has 0 aliphatic rings. The smallest absolute Gasteiger partial charge is 0.349 e. The molecule has 0 radical (unpaired) electrons. The van der Waals surface area contributed by atoms with E-state index in [4.69, 9.17) is 14.0 Å². The van der Waals surface area contributed by atoms with Gasteiger partial charge < -0.3 is 14.0 Å². The van der Waals surface area contributed by atoms with Gasteiger partial charge in [-0.15, -0.1) is 0 Å². The van der Waals surface area contributed by atoms with Crippen LogP contribution in [0.3, 0.4) is 0 Å². The summed E-state index contributed by atoms with van der Waals surface area (Å²) < 4.78 is 15.9. The van der Waals surface area contributed by atoms with Gasteiger partial charge in [0, 0.05) is 17.8 Å². The number of aromatic nitrogens is 2. The van der Waals surface area contributed by atoms with Crippen LogP contribution in [0.5, 0.6) is 11.5 Å². The molecule has 23 heavy (non-hydrogen) atoms. The zero-order valence-electron chi connectivity index (χ0n) is 13.1. The van der Waals surface area contributed by atoms with Crippen LogP contribution in [0.4, 0.5) is 0 Å². The van der Waals surface area contributed by atoms with Crippen LogP contribution in [0.25, 0.3) is 10.8 Å². The van der Waals surface area contributed by atoms with Gasteiger partial charge in [-0.1, -0.05) is 12.1 Å². The van der Waals surface area contributed by atoms with E-state index in [1.165, 1.54) is 7.11 Å². The second kappa shape index (κ2) is 6.08. The maximum atomic E-state index is 12.5. The minimum atomic E-state index is -0.512. The second-order valence-electron chi connectivity index (χ2n) is 5.03. The predicted molar refractivity (Wildman–Crippen MR) is 83.9 cm³/mol. The number of carbonyl (C=O) groups excluding carboxylic acids is 1. The summed E-state index contributed by atoms with van der Waals surface area (Å²) in [7, 11) is 1.53. The molecule has 3 rings (SSSR count). The Labute approximate surface area is 133 Å². The molecule has 6 heteroatoms. The van der Waals surface area contributed by atoms with Crippen LogP contribution in [0.2, 0.25) is 0 Å². The van der Waals surface area contributed by atoms with Crippen molar-refractivity contribution in [3.63, 3.8) is 0 Å². The molecule has 0 atom stereocenters. The molecular formula is C17H16N2O4. The molecule has 0 aliphatic carbocycles. The topological polar surface area (TPSA) is 74.5 Å². The first-order chi connectivity index (χ1) is 11.1. The fourth-order valence-electron chi connectivity index (χ4n) is 2.41. The number of pyridine rings is 1. The molecule has 0 N–H and O–H groups in total. The van der Waals surface area contributed by atoms with Gasteiger partial charge in [-0.05, 0) is 36.9 Å². The fourth-order valence-corrected chi connectivity index (χ4v) is 2.41. The highest BCUT2D eigenvalue weighted by Crippen LogP contribution is 2.33. The van der Waals surface area contributed by atoms with E-state index in [0.29, 0.717) is 34.9 Å². The number of hydrogen-bond acceptors (Lipinski definition) is 6. The highest BCUT2D eigenvalue weighted by Gasteiger charge is 2.22. The van der Waals surface area contributed by atoms with Crippen LogP contribution in [0.15, 0.2) is 35.1 Å². The Morgan fingerprint density at radius 3 is 2.78 bits per heavy atom. The summed E-state index contributed by atoms with van der Waals surface area (Å²) in [4.78, 5) is 16.6. The standard InChI is InChI=1S/C17H16N2O4/c1-4-13-16(10(2)23-19-13)17(20)22-15-8-12-9-18-6-5-11(12)7-14(15)21-3/h5-9H,4H2,1-3H3. The highest BCUT2D eigenvalue weighted by molar-refractivity contribution is 5.94. The SMILES string of the molecule is CCc1noc(C)c1C(=O)Oc1cc2cnccc2cc1OC. The van der Waals surface area contributed by atoms with Crippen molar-refractivity contribution in [2.45, 2.75) is 20.3 Å². The van der Waals surface area contributed by atoms with Crippen molar-refractivity contribution in [2.24, 2.45) is 0 Å². The Morgan fingerprint density at radius 2 is 2.04 bits per heavy atom. The van der Waals surface area contributed by atoms with Crippen LogP contribution in [0.1, 0.15) is 28.7 Å². The molecule has 0 saturated heterocycles. The summed E-state index contributed by atoms with van der Waals surface area (Å²) in [6.07, 6.45) is 3.98. The van der Waals surface area contributed by atoms with Gasteiger partial charge >= 0.3 is 5.97 Å². The molecule has 0 saturated carbocycles. The Kier molecular flexibility index (Phi) is 3.97. The van der Waals surface area contributed by atoms with Crippen LogP contribution in [0, 0.1) is 6.92 Å². The van der Waals surface area contributed by atoms with E-state index in [9.17, 15) is 4.79 Å². The minimum absolute atomic E-state index is 0.334. The average Bonchev–Trinajstić information content (AvgIpc) is 2.95. The summed E-state index contributed by atoms with van der Waals surface area (Å²) >= 11 is 0. The van der Waals surface area contributed by atoms with Crippen molar-refractivity contribution >= 4 is 16.7 Å². The maximum Gasteiger partial charge on any atom is 0.349 e. The van der Waals surface area contributed by atoms with Crippen molar-refractivity contribution in [1.29, 1.82) is 0 Å². The lowest BCUT2D eigenvalue weighted by molar-refractivity contribution is 0.0727. The lowest BCUT2D eigenvalue weighted by atomic mass is 10.1. The third-order valence-electron chi connectivity index (χ3n) is 3.60. The lowest BCUT2D eigenvalue weighted by Gasteiger charge is -2.10. The van der Waals surface area contributed by atoms with Crippen molar-refractivity contribution in [3.8, 4) is 11.5 Å². The molecule has 0 spiro atoms. The van der Waals surface area contributed by atoms with Crippen molar-refractivity contribution in [2.75, 3.05) is 7.11 Å². The van der Waals surface area contributed by atoms with Gasteiger partial charge in [0.05, 0.1) is 12.8 Å². The molecule has 0 fully saturated rings. The summed E-state index contributed by atoms with van der Waals surface area (Å²) in [6.45, 7) is 3.58. The summed E-state index contributed by atoms with van der Waals surface area (Å²) in [5, 5.41) is 5.68. The number of esters is 1. The number of fused-ring (bicyclic) bond motifs is 1. The molecule has 2 heterocycles. The Hall–Kier alpha value is -2.89. The van der Waals surface area contributed by atoms with Crippen molar-refractivity contribution < 1.29 is 18.8 Å². The van der Waals surface area contributed by atoms with E-state index in [1.807, 2.05) is 13.0 Å². The van der Waals surface area contributed by atoms with Crippen LogP contribution >= 0.6 is 0 Å². The number of carbonyl (C=O) groups is 1. The molecule has 3 aromatic rings. The Balaban J connectivity index is 2.00. The summed E-state index contributed by atoms with van der Waals surface area (Å²) in [6, 6.07) is 5.40. The van der Waals surface area contributed by atoms with E-state index in [0.717, 1.165) is 10.8 Å². The minimum Gasteiger partial charge on any atom is -0.493 e. The third kappa shape index (κ3) is 2.75. The number of rotatable bonds is 4. The van der Waals surface area contributed by atoms with Gasteiger partial charge in [0.1, 0.15) is 11.3 Å². The van der Waals surface area contributed by atoms with Gasteiger partial charge in [-0.25, -0.2) is 4.79 Å². The first-order valence-corrected chi connectivity index (χ1v) is 7.23.